The van der Waals surface area contributed by atoms with Crippen LogP contribution in [-0.2, 0) is 0 Å². The van der Waals surface area contributed by atoms with Gasteiger partial charge >= 0.3 is 6.18 Å². The number of guanidine groups is 1. The summed E-state index contributed by atoms with van der Waals surface area (Å²) in [6.45, 7) is 0.530. The number of rotatable bonds is 5. The van der Waals surface area contributed by atoms with E-state index >= 15 is 0 Å². The smallest absolute Gasteiger partial charge is 0.356 e. The number of hydrogen-bond acceptors (Lipinski definition) is 1. The van der Waals surface area contributed by atoms with Crippen LogP contribution >= 0.6 is 0 Å². The first kappa shape index (κ1) is 16.1. The number of aliphatic imine (C=N–C) groups is 1. The highest BCUT2D eigenvalue weighted by Gasteiger charge is 2.25. The Hall–Kier alpha value is -0.940. The number of unbranched alkanes of at least 4 members (excludes halogenated alkanes) is 1. The Morgan fingerprint density at radius 1 is 1.16 bits per heavy atom. The van der Waals surface area contributed by atoms with Crippen LogP contribution in [0.25, 0.3) is 0 Å². The monoisotopic (exact) mass is 279 g/mol. The van der Waals surface area contributed by atoms with Crippen molar-refractivity contribution < 1.29 is 13.2 Å². The molecule has 6 heteroatoms. The topological polar surface area (TPSA) is 36.4 Å². The summed E-state index contributed by atoms with van der Waals surface area (Å²) in [6, 6.07) is 0.454. The molecule has 0 saturated heterocycles. The molecule has 0 radical (unpaired) electrons. The van der Waals surface area contributed by atoms with E-state index in [0.717, 1.165) is 12.8 Å². The van der Waals surface area contributed by atoms with Gasteiger partial charge in [-0.3, -0.25) is 4.99 Å². The van der Waals surface area contributed by atoms with Crippen molar-refractivity contribution in [3.63, 3.8) is 0 Å². The lowest BCUT2D eigenvalue weighted by Gasteiger charge is -2.24. The summed E-state index contributed by atoms with van der Waals surface area (Å²) < 4.78 is 35.9. The molecule has 2 N–H and O–H groups in total. The first-order valence-electron chi connectivity index (χ1n) is 7.05. The Kier molecular flexibility index (Phi) is 7.02. The molecule has 0 aliphatic heterocycles. The van der Waals surface area contributed by atoms with Gasteiger partial charge in [-0.2, -0.15) is 13.2 Å². The van der Waals surface area contributed by atoms with E-state index in [-0.39, 0.29) is 6.42 Å². The maximum absolute atomic E-state index is 12.0. The molecule has 1 rings (SSSR count). The molecule has 0 atom stereocenters. The van der Waals surface area contributed by atoms with Crippen molar-refractivity contribution in [3.8, 4) is 0 Å². The number of halogens is 3. The minimum absolute atomic E-state index is 0.164. The second kappa shape index (κ2) is 8.27. The van der Waals surface area contributed by atoms with Gasteiger partial charge in [-0.1, -0.05) is 19.3 Å². The average Bonchev–Trinajstić information content (AvgIpc) is 2.37. The van der Waals surface area contributed by atoms with Crippen molar-refractivity contribution in [2.75, 3.05) is 13.6 Å². The summed E-state index contributed by atoms with van der Waals surface area (Å²) in [5.41, 5.74) is 0. The highest BCUT2D eigenvalue weighted by Crippen LogP contribution is 2.21. The largest absolute Gasteiger partial charge is 0.389 e. The minimum atomic E-state index is -4.04. The van der Waals surface area contributed by atoms with Crippen molar-refractivity contribution in [2.45, 2.75) is 63.6 Å². The fourth-order valence-corrected chi connectivity index (χ4v) is 2.29. The van der Waals surface area contributed by atoms with Crippen LogP contribution in [0.1, 0.15) is 51.4 Å². The standard InChI is InChI=1S/C13H24F3N3/c1-17-12(19-11-7-3-2-4-8-11)18-10-6-5-9-13(14,15)16/h11H,2-10H2,1H3,(H2,17,18,19). The molecular weight excluding hydrogens is 255 g/mol. The summed E-state index contributed by atoms with van der Waals surface area (Å²) in [5.74, 6) is 0.707. The Labute approximate surface area is 113 Å². The first-order chi connectivity index (χ1) is 9.01. The van der Waals surface area contributed by atoms with E-state index in [1.165, 1.54) is 19.3 Å². The van der Waals surface area contributed by atoms with Gasteiger partial charge < -0.3 is 10.6 Å². The third-order valence-corrected chi connectivity index (χ3v) is 3.35. The number of alkyl halides is 3. The third-order valence-electron chi connectivity index (χ3n) is 3.35. The fourth-order valence-electron chi connectivity index (χ4n) is 2.29. The molecule has 0 bridgehead atoms. The van der Waals surface area contributed by atoms with Crippen LogP contribution in [0.15, 0.2) is 4.99 Å². The maximum atomic E-state index is 12.0. The van der Waals surface area contributed by atoms with E-state index in [9.17, 15) is 13.2 Å². The minimum Gasteiger partial charge on any atom is -0.356 e. The van der Waals surface area contributed by atoms with Gasteiger partial charge in [0.2, 0.25) is 0 Å². The Morgan fingerprint density at radius 2 is 1.84 bits per heavy atom. The van der Waals surface area contributed by atoms with E-state index in [1.807, 2.05) is 0 Å². The zero-order valence-electron chi connectivity index (χ0n) is 11.5. The van der Waals surface area contributed by atoms with Gasteiger partial charge in [0, 0.05) is 26.1 Å². The average molecular weight is 279 g/mol. The van der Waals surface area contributed by atoms with E-state index in [1.54, 1.807) is 7.05 Å². The normalized spacial score (nSPS) is 18.4. The van der Waals surface area contributed by atoms with Gasteiger partial charge in [0.15, 0.2) is 5.96 Å². The molecule has 0 aromatic rings. The quantitative estimate of drug-likeness (QED) is 0.460. The first-order valence-corrected chi connectivity index (χ1v) is 7.05. The van der Waals surface area contributed by atoms with Gasteiger partial charge in [-0.15, -0.1) is 0 Å². The molecule has 1 saturated carbocycles. The summed E-state index contributed by atoms with van der Waals surface area (Å²) in [7, 11) is 1.69. The molecule has 0 spiro atoms. The van der Waals surface area contributed by atoms with Crippen LogP contribution in [0, 0.1) is 0 Å². The number of hydrogen-bond donors (Lipinski definition) is 2. The van der Waals surface area contributed by atoms with E-state index in [0.29, 0.717) is 25.0 Å². The molecular formula is C13H24F3N3. The molecule has 0 aromatic carbocycles. The second-order valence-corrected chi connectivity index (χ2v) is 5.05. The fraction of sp³-hybridized carbons (Fsp3) is 0.923. The van der Waals surface area contributed by atoms with E-state index < -0.39 is 12.6 Å². The molecule has 1 fully saturated rings. The Balaban J connectivity index is 2.11. The SMILES string of the molecule is CN=C(NCCCCC(F)(F)F)NC1CCCCC1. The van der Waals surface area contributed by atoms with Crippen molar-refractivity contribution in [3.05, 3.63) is 0 Å². The van der Waals surface area contributed by atoms with Crippen molar-refractivity contribution >= 4 is 5.96 Å². The molecule has 0 heterocycles. The zero-order chi connectivity index (χ0) is 14.1. The molecule has 1 aliphatic rings. The molecule has 0 amide bonds. The zero-order valence-corrected chi connectivity index (χ0v) is 11.5. The third kappa shape index (κ3) is 7.95. The Bertz CT molecular complexity index is 271. The lowest BCUT2D eigenvalue weighted by molar-refractivity contribution is -0.135. The van der Waals surface area contributed by atoms with Gasteiger partial charge in [0.25, 0.3) is 0 Å². The number of nitrogens with zero attached hydrogens (tertiary/aromatic N) is 1. The summed E-state index contributed by atoms with van der Waals surface area (Å²) in [5, 5.41) is 6.40. The summed E-state index contributed by atoms with van der Waals surface area (Å²) in [4.78, 5) is 4.10. The van der Waals surface area contributed by atoms with Crippen LogP contribution < -0.4 is 10.6 Å². The van der Waals surface area contributed by atoms with Crippen LogP contribution in [0.5, 0.6) is 0 Å². The van der Waals surface area contributed by atoms with Gasteiger partial charge in [0.1, 0.15) is 0 Å². The van der Waals surface area contributed by atoms with Crippen molar-refractivity contribution in [1.82, 2.24) is 10.6 Å². The van der Waals surface area contributed by atoms with Crippen LogP contribution in [-0.4, -0.2) is 31.8 Å². The summed E-state index contributed by atoms with van der Waals surface area (Å²) >= 11 is 0. The lowest BCUT2D eigenvalue weighted by Crippen LogP contribution is -2.44. The Morgan fingerprint density at radius 3 is 2.42 bits per heavy atom. The number of nitrogens with one attached hydrogen (secondary N) is 2. The van der Waals surface area contributed by atoms with Crippen molar-refractivity contribution in [1.29, 1.82) is 0 Å². The highest BCUT2D eigenvalue weighted by atomic mass is 19.4. The molecule has 0 aromatic heterocycles. The second-order valence-electron chi connectivity index (χ2n) is 5.05. The molecule has 0 unspecified atom stereocenters. The highest BCUT2D eigenvalue weighted by molar-refractivity contribution is 5.79. The van der Waals surface area contributed by atoms with Gasteiger partial charge in [-0.25, -0.2) is 0 Å². The van der Waals surface area contributed by atoms with Crippen molar-refractivity contribution in [2.24, 2.45) is 4.99 Å². The lowest BCUT2D eigenvalue weighted by atomic mass is 9.96. The van der Waals surface area contributed by atoms with Gasteiger partial charge in [-0.05, 0) is 25.7 Å². The van der Waals surface area contributed by atoms with E-state index in [2.05, 4.69) is 15.6 Å². The maximum Gasteiger partial charge on any atom is 0.389 e. The van der Waals surface area contributed by atoms with Crippen LogP contribution in [0.3, 0.4) is 0 Å². The van der Waals surface area contributed by atoms with Crippen LogP contribution in [0.4, 0.5) is 13.2 Å². The summed E-state index contributed by atoms with van der Waals surface area (Å²) in [6.07, 6.45) is 1.98. The van der Waals surface area contributed by atoms with E-state index in [4.69, 9.17) is 0 Å². The molecule has 19 heavy (non-hydrogen) atoms. The van der Waals surface area contributed by atoms with Gasteiger partial charge in [0.05, 0.1) is 0 Å². The molecule has 1 aliphatic carbocycles. The predicted molar refractivity (Wildman–Crippen MR) is 71.3 cm³/mol. The van der Waals surface area contributed by atoms with Crippen LogP contribution in [0.2, 0.25) is 0 Å². The predicted octanol–water partition coefficient (Wildman–Crippen LogP) is 3.22. The molecule has 112 valence electrons. The molecule has 3 nitrogen and oxygen atoms in total.